The van der Waals surface area contributed by atoms with E-state index in [0.29, 0.717) is 0 Å². The van der Waals surface area contributed by atoms with E-state index < -0.39 is 4.83 Å². The van der Waals surface area contributed by atoms with Crippen LogP contribution in [-0.2, 0) is 4.79 Å². The molecule has 0 bridgehead atoms. The summed E-state index contributed by atoms with van der Waals surface area (Å²) in [6.45, 7) is 0. The second-order valence-corrected chi connectivity index (χ2v) is 5.53. The fraction of sp³-hybridized carbons (Fsp3) is 0.182. The van der Waals surface area contributed by atoms with Gasteiger partial charge in [0.2, 0.25) is 0 Å². The molecule has 5 nitrogen and oxygen atoms in total. The van der Waals surface area contributed by atoms with Crippen molar-refractivity contribution in [2.45, 2.75) is 9.65 Å². The monoisotopic (exact) mass is 372 g/mol. The van der Waals surface area contributed by atoms with E-state index in [0.717, 1.165) is 5.56 Å². The van der Waals surface area contributed by atoms with Gasteiger partial charge in [-0.05, 0) is 5.56 Å². The molecule has 94 valence electrons. The van der Waals surface area contributed by atoms with Gasteiger partial charge in [0.15, 0.2) is 0 Å². The first-order chi connectivity index (χ1) is 8.68. The molecule has 1 aromatic heterocycles. The van der Waals surface area contributed by atoms with Crippen molar-refractivity contribution in [1.82, 2.24) is 14.9 Å². The lowest BCUT2D eigenvalue weighted by Crippen LogP contribution is -2.31. The number of hydrogen-bond donors (Lipinski definition) is 1. The molecule has 2 rings (SSSR count). The highest BCUT2D eigenvalue weighted by Crippen LogP contribution is 2.31. The molecule has 0 aliphatic rings. The van der Waals surface area contributed by atoms with Crippen LogP contribution in [0.1, 0.15) is 10.4 Å². The zero-order valence-corrected chi connectivity index (χ0v) is 12.4. The Kier molecular flexibility index (Phi) is 4.48. The summed E-state index contributed by atoms with van der Waals surface area (Å²) < 4.78 is 1.40. The molecule has 0 fully saturated rings. The van der Waals surface area contributed by atoms with Crippen molar-refractivity contribution >= 4 is 37.8 Å². The SMILES string of the molecule is O=C(Nn1cnnc1)[C@H](Br)[C@H](Br)c1ccccc1. The van der Waals surface area contributed by atoms with Gasteiger partial charge < -0.3 is 0 Å². The van der Waals surface area contributed by atoms with Crippen molar-refractivity contribution in [2.75, 3.05) is 5.43 Å². The molecule has 18 heavy (non-hydrogen) atoms. The Bertz CT molecular complexity index is 503. The summed E-state index contributed by atoms with van der Waals surface area (Å²) in [5.74, 6) is -0.180. The number of carbonyl (C=O) groups is 1. The lowest BCUT2D eigenvalue weighted by Gasteiger charge is -2.16. The first-order valence-electron chi connectivity index (χ1n) is 5.17. The standard InChI is InChI=1S/C11H10Br2N4O/c12-9(8-4-2-1-3-5-8)10(13)11(18)16-17-6-14-15-7-17/h1-7,9-10H,(H,16,18)/t9-,10-/m1/s1. The van der Waals surface area contributed by atoms with Gasteiger partial charge in [-0.2, -0.15) is 0 Å². The van der Waals surface area contributed by atoms with Crippen LogP contribution in [0.4, 0.5) is 0 Å². The third-order valence-corrected chi connectivity index (χ3v) is 4.99. The van der Waals surface area contributed by atoms with Crippen molar-refractivity contribution in [2.24, 2.45) is 0 Å². The van der Waals surface area contributed by atoms with Crippen LogP contribution in [0, 0.1) is 0 Å². The normalized spacial score (nSPS) is 13.9. The average molecular weight is 374 g/mol. The largest absolute Gasteiger partial charge is 0.272 e. The Morgan fingerprint density at radius 2 is 1.78 bits per heavy atom. The van der Waals surface area contributed by atoms with Crippen molar-refractivity contribution in [3.05, 3.63) is 48.5 Å². The Morgan fingerprint density at radius 1 is 1.17 bits per heavy atom. The Balaban J connectivity index is 2.02. The van der Waals surface area contributed by atoms with Crippen LogP contribution in [0.5, 0.6) is 0 Å². The van der Waals surface area contributed by atoms with Gasteiger partial charge in [0.25, 0.3) is 5.91 Å². The van der Waals surface area contributed by atoms with Crippen molar-refractivity contribution in [1.29, 1.82) is 0 Å². The third-order valence-electron chi connectivity index (χ3n) is 2.28. The van der Waals surface area contributed by atoms with Crippen molar-refractivity contribution < 1.29 is 4.79 Å². The van der Waals surface area contributed by atoms with Crippen LogP contribution < -0.4 is 5.43 Å². The zero-order valence-electron chi connectivity index (χ0n) is 9.20. The highest BCUT2D eigenvalue weighted by atomic mass is 79.9. The maximum Gasteiger partial charge on any atom is 0.254 e. The Labute approximate surface area is 121 Å². The molecule has 2 aromatic rings. The van der Waals surface area contributed by atoms with Gasteiger partial charge in [0.05, 0.1) is 4.83 Å². The minimum atomic E-state index is -0.401. The van der Waals surface area contributed by atoms with E-state index in [-0.39, 0.29) is 10.7 Å². The van der Waals surface area contributed by atoms with Crippen molar-refractivity contribution in [3.63, 3.8) is 0 Å². The van der Waals surface area contributed by atoms with E-state index >= 15 is 0 Å². The van der Waals surface area contributed by atoms with Crippen molar-refractivity contribution in [3.8, 4) is 0 Å². The number of rotatable bonds is 4. The maximum absolute atomic E-state index is 12.0. The number of nitrogens with one attached hydrogen (secondary N) is 1. The van der Waals surface area contributed by atoms with Gasteiger partial charge in [-0.3, -0.25) is 10.2 Å². The van der Waals surface area contributed by atoms with E-state index in [1.54, 1.807) is 0 Å². The topological polar surface area (TPSA) is 59.8 Å². The molecule has 0 aliphatic heterocycles. The number of nitrogens with zero attached hydrogens (tertiary/aromatic N) is 3. The quantitative estimate of drug-likeness (QED) is 0.836. The molecular formula is C11H10Br2N4O. The molecule has 1 aromatic carbocycles. The Morgan fingerprint density at radius 3 is 2.39 bits per heavy atom. The number of hydrogen-bond acceptors (Lipinski definition) is 3. The molecule has 0 unspecified atom stereocenters. The lowest BCUT2D eigenvalue weighted by atomic mass is 10.1. The second-order valence-electron chi connectivity index (χ2n) is 3.56. The van der Waals surface area contributed by atoms with Crippen LogP contribution in [0.25, 0.3) is 0 Å². The van der Waals surface area contributed by atoms with E-state index in [1.807, 2.05) is 30.3 Å². The highest BCUT2D eigenvalue weighted by molar-refractivity contribution is 9.12. The molecule has 0 radical (unpaired) electrons. The molecule has 2 atom stereocenters. The molecule has 0 spiro atoms. The molecule has 1 amide bonds. The summed E-state index contributed by atoms with van der Waals surface area (Å²) in [7, 11) is 0. The van der Waals surface area contributed by atoms with Gasteiger partial charge in [-0.1, -0.05) is 62.2 Å². The molecule has 1 N–H and O–H groups in total. The maximum atomic E-state index is 12.0. The summed E-state index contributed by atoms with van der Waals surface area (Å²) in [6.07, 6.45) is 2.84. The number of alkyl halides is 2. The van der Waals surface area contributed by atoms with E-state index in [2.05, 4.69) is 47.5 Å². The van der Waals surface area contributed by atoms with Crippen LogP contribution in [0.15, 0.2) is 43.0 Å². The summed E-state index contributed by atoms with van der Waals surface area (Å²) >= 11 is 6.89. The first kappa shape index (κ1) is 13.2. The predicted molar refractivity (Wildman–Crippen MR) is 75.2 cm³/mol. The van der Waals surface area contributed by atoms with E-state index in [1.165, 1.54) is 17.3 Å². The van der Waals surface area contributed by atoms with Gasteiger partial charge in [0.1, 0.15) is 17.5 Å². The van der Waals surface area contributed by atoms with Gasteiger partial charge in [-0.25, -0.2) is 4.68 Å². The first-order valence-corrected chi connectivity index (χ1v) is 7.00. The molecule has 0 saturated carbocycles. The van der Waals surface area contributed by atoms with Crippen LogP contribution in [0.3, 0.4) is 0 Å². The van der Waals surface area contributed by atoms with Crippen LogP contribution >= 0.6 is 31.9 Å². The van der Waals surface area contributed by atoms with Crippen LogP contribution in [-0.4, -0.2) is 25.6 Å². The minimum Gasteiger partial charge on any atom is -0.272 e. The minimum absolute atomic E-state index is 0.116. The fourth-order valence-corrected chi connectivity index (χ4v) is 2.34. The molecule has 1 heterocycles. The zero-order chi connectivity index (χ0) is 13.0. The van der Waals surface area contributed by atoms with Gasteiger partial charge in [0, 0.05) is 0 Å². The number of halogens is 2. The number of amides is 1. The predicted octanol–water partition coefficient (Wildman–Crippen LogP) is 2.25. The number of aromatic nitrogens is 3. The fourth-order valence-electron chi connectivity index (χ4n) is 1.39. The molecular weight excluding hydrogens is 364 g/mol. The van der Waals surface area contributed by atoms with Gasteiger partial charge in [-0.15, -0.1) is 10.2 Å². The summed E-state index contributed by atoms with van der Waals surface area (Å²) in [4.78, 5) is 11.4. The lowest BCUT2D eigenvalue weighted by molar-refractivity contribution is -0.116. The molecule has 7 heteroatoms. The van der Waals surface area contributed by atoms with Gasteiger partial charge >= 0.3 is 0 Å². The van der Waals surface area contributed by atoms with E-state index in [4.69, 9.17) is 0 Å². The number of benzene rings is 1. The van der Waals surface area contributed by atoms with Crippen LogP contribution in [0.2, 0.25) is 0 Å². The van der Waals surface area contributed by atoms with E-state index in [9.17, 15) is 4.79 Å². The second kappa shape index (κ2) is 6.10. The smallest absolute Gasteiger partial charge is 0.254 e. The summed E-state index contributed by atoms with van der Waals surface area (Å²) in [5, 5.41) is 7.22. The summed E-state index contributed by atoms with van der Waals surface area (Å²) in [5.41, 5.74) is 3.67. The highest BCUT2D eigenvalue weighted by Gasteiger charge is 2.25. The Hall–Kier alpha value is -1.21. The molecule has 0 aliphatic carbocycles. The average Bonchev–Trinajstić information content (AvgIpc) is 2.91. The third kappa shape index (κ3) is 3.17. The molecule has 0 saturated heterocycles. The summed E-state index contributed by atoms with van der Waals surface area (Å²) in [6, 6.07) is 9.71. The number of carbonyl (C=O) groups excluding carboxylic acids is 1.